The summed E-state index contributed by atoms with van der Waals surface area (Å²) in [5, 5.41) is 9.59. The predicted octanol–water partition coefficient (Wildman–Crippen LogP) is 1.81. The van der Waals surface area contributed by atoms with E-state index in [4.69, 9.17) is 4.74 Å². The molecule has 0 bridgehead atoms. The summed E-state index contributed by atoms with van der Waals surface area (Å²) in [5.41, 5.74) is 0.837. The second-order valence-electron chi connectivity index (χ2n) is 7.57. The number of aromatic hydroxyl groups is 1. The molecule has 0 radical (unpaired) electrons. The molecule has 1 spiro atoms. The molecule has 2 heterocycles. The van der Waals surface area contributed by atoms with Crippen LogP contribution in [0, 0.1) is 5.41 Å². The van der Waals surface area contributed by atoms with Gasteiger partial charge in [-0.15, -0.1) is 0 Å². The second kappa shape index (κ2) is 8.08. The fourth-order valence-corrected chi connectivity index (χ4v) is 4.21. The van der Waals surface area contributed by atoms with Crippen molar-refractivity contribution in [1.82, 2.24) is 9.80 Å². The van der Waals surface area contributed by atoms with E-state index in [0.29, 0.717) is 39.1 Å². The minimum Gasteiger partial charge on any atom is -0.508 e. The van der Waals surface area contributed by atoms with Crippen molar-refractivity contribution in [2.75, 3.05) is 39.9 Å². The van der Waals surface area contributed by atoms with Gasteiger partial charge in [0.05, 0.1) is 13.0 Å². The number of carbonyl (C=O) groups is 2. The van der Waals surface area contributed by atoms with Crippen molar-refractivity contribution in [2.45, 2.75) is 32.1 Å². The van der Waals surface area contributed by atoms with E-state index >= 15 is 0 Å². The molecule has 1 atom stereocenters. The smallest absolute Gasteiger partial charge is 0.227 e. The van der Waals surface area contributed by atoms with Crippen molar-refractivity contribution >= 4 is 11.8 Å². The number of benzene rings is 1. The Balaban J connectivity index is 1.64. The molecule has 0 aromatic heterocycles. The third-order valence-electron chi connectivity index (χ3n) is 5.59. The van der Waals surface area contributed by atoms with Crippen LogP contribution >= 0.6 is 0 Å². The Kier molecular flexibility index (Phi) is 5.81. The number of phenols is 1. The molecule has 2 amide bonds. The van der Waals surface area contributed by atoms with Gasteiger partial charge in [-0.3, -0.25) is 9.59 Å². The van der Waals surface area contributed by atoms with Gasteiger partial charge < -0.3 is 19.6 Å². The van der Waals surface area contributed by atoms with Crippen molar-refractivity contribution in [3.63, 3.8) is 0 Å². The standard InChI is InChI=1S/C20H28N2O4/c1-26-11-10-22-15-20(8-6-18(22)24)7-3-9-21(14-20)19(25)13-16-4-2-5-17(23)12-16/h2,4-5,12,23H,3,6-11,13-15H2,1H3/t20-/m0/s1. The van der Waals surface area contributed by atoms with Crippen LogP contribution in [0.3, 0.4) is 0 Å². The van der Waals surface area contributed by atoms with E-state index in [1.54, 1.807) is 25.3 Å². The van der Waals surface area contributed by atoms with Crippen LogP contribution in [-0.4, -0.2) is 66.6 Å². The van der Waals surface area contributed by atoms with Crippen LogP contribution in [0.2, 0.25) is 0 Å². The quantitative estimate of drug-likeness (QED) is 0.869. The summed E-state index contributed by atoms with van der Waals surface area (Å²) in [6.07, 6.45) is 3.73. The van der Waals surface area contributed by atoms with E-state index in [-0.39, 0.29) is 23.0 Å². The van der Waals surface area contributed by atoms with Gasteiger partial charge in [0.25, 0.3) is 0 Å². The van der Waals surface area contributed by atoms with Gasteiger partial charge in [0.15, 0.2) is 0 Å². The maximum Gasteiger partial charge on any atom is 0.227 e. The van der Waals surface area contributed by atoms with Crippen molar-refractivity contribution in [3.8, 4) is 5.75 Å². The number of methoxy groups -OCH3 is 1. The van der Waals surface area contributed by atoms with Gasteiger partial charge >= 0.3 is 0 Å². The molecule has 3 rings (SSSR count). The first-order chi connectivity index (χ1) is 12.5. The first kappa shape index (κ1) is 18.7. The summed E-state index contributed by atoms with van der Waals surface area (Å²) < 4.78 is 5.13. The van der Waals surface area contributed by atoms with Crippen LogP contribution in [0.4, 0.5) is 0 Å². The predicted molar refractivity (Wildman–Crippen MR) is 97.7 cm³/mol. The van der Waals surface area contributed by atoms with Gasteiger partial charge in [-0.1, -0.05) is 12.1 Å². The zero-order chi connectivity index (χ0) is 18.6. The molecule has 0 unspecified atom stereocenters. The lowest BCUT2D eigenvalue weighted by Gasteiger charge is -2.48. The summed E-state index contributed by atoms with van der Waals surface area (Å²) in [6.45, 7) is 3.36. The largest absolute Gasteiger partial charge is 0.508 e. The molecule has 2 aliphatic rings. The molecule has 1 N–H and O–H groups in total. The first-order valence-electron chi connectivity index (χ1n) is 9.34. The van der Waals surface area contributed by atoms with Crippen LogP contribution in [0.1, 0.15) is 31.2 Å². The van der Waals surface area contributed by atoms with Crippen molar-refractivity contribution in [1.29, 1.82) is 0 Å². The highest BCUT2D eigenvalue weighted by molar-refractivity contribution is 5.79. The van der Waals surface area contributed by atoms with Crippen LogP contribution in [0.25, 0.3) is 0 Å². The third-order valence-corrected chi connectivity index (χ3v) is 5.59. The third kappa shape index (κ3) is 4.36. The Hall–Kier alpha value is -2.08. The normalized spacial score (nSPS) is 23.5. The average molecular weight is 360 g/mol. The fraction of sp³-hybridized carbons (Fsp3) is 0.600. The number of phenolic OH excluding ortho intramolecular Hbond substituents is 1. The molecule has 1 aromatic rings. The summed E-state index contributed by atoms with van der Waals surface area (Å²) >= 11 is 0. The lowest BCUT2D eigenvalue weighted by molar-refractivity contribution is -0.143. The van der Waals surface area contributed by atoms with Crippen molar-refractivity contribution in [3.05, 3.63) is 29.8 Å². The molecule has 1 aromatic carbocycles. The lowest BCUT2D eigenvalue weighted by atomic mass is 9.73. The van der Waals surface area contributed by atoms with Crippen LogP contribution in [0.5, 0.6) is 5.75 Å². The van der Waals surface area contributed by atoms with Crippen molar-refractivity contribution < 1.29 is 19.4 Å². The first-order valence-corrected chi connectivity index (χ1v) is 9.34. The Labute approximate surface area is 154 Å². The molecule has 2 saturated heterocycles. The molecule has 26 heavy (non-hydrogen) atoms. The summed E-state index contributed by atoms with van der Waals surface area (Å²) in [6, 6.07) is 6.88. The van der Waals surface area contributed by atoms with E-state index in [1.165, 1.54) is 0 Å². The van der Waals surface area contributed by atoms with Gasteiger partial charge in [0.2, 0.25) is 11.8 Å². The number of amides is 2. The molecule has 0 saturated carbocycles. The number of carbonyl (C=O) groups excluding carboxylic acids is 2. The van der Waals surface area contributed by atoms with Crippen LogP contribution < -0.4 is 0 Å². The highest BCUT2D eigenvalue weighted by Gasteiger charge is 2.42. The van der Waals surface area contributed by atoms with Gasteiger partial charge in [0, 0.05) is 45.1 Å². The van der Waals surface area contributed by atoms with Gasteiger partial charge in [-0.05, 0) is 37.0 Å². The summed E-state index contributed by atoms with van der Waals surface area (Å²) in [4.78, 5) is 28.8. The molecule has 2 fully saturated rings. The van der Waals surface area contributed by atoms with Gasteiger partial charge in [-0.25, -0.2) is 0 Å². The minimum absolute atomic E-state index is 0.00832. The van der Waals surface area contributed by atoms with Gasteiger partial charge in [0.1, 0.15) is 5.75 Å². The number of rotatable bonds is 5. The molecular weight excluding hydrogens is 332 g/mol. The molecule has 6 nitrogen and oxygen atoms in total. The molecular formula is C20H28N2O4. The van der Waals surface area contributed by atoms with E-state index < -0.39 is 0 Å². The Morgan fingerprint density at radius 2 is 2.15 bits per heavy atom. The maximum atomic E-state index is 12.8. The number of hydrogen-bond donors (Lipinski definition) is 1. The molecule has 6 heteroatoms. The number of hydrogen-bond acceptors (Lipinski definition) is 4. The van der Waals surface area contributed by atoms with Crippen molar-refractivity contribution in [2.24, 2.45) is 5.41 Å². The van der Waals surface area contributed by atoms with E-state index in [2.05, 4.69) is 0 Å². The lowest BCUT2D eigenvalue weighted by Crippen LogP contribution is -2.55. The molecule has 2 aliphatic heterocycles. The van der Waals surface area contributed by atoms with Crippen LogP contribution in [-0.2, 0) is 20.7 Å². The topological polar surface area (TPSA) is 70.1 Å². The monoisotopic (exact) mass is 360 g/mol. The van der Waals surface area contributed by atoms with Gasteiger partial charge in [-0.2, -0.15) is 0 Å². The number of nitrogens with zero attached hydrogens (tertiary/aromatic N) is 2. The maximum absolute atomic E-state index is 12.8. The number of ether oxygens (including phenoxy) is 1. The highest BCUT2D eigenvalue weighted by Crippen LogP contribution is 2.39. The Morgan fingerprint density at radius 3 is 2.92 bits per heavy atom. The zero-order valence-electron chi connectivity index (χ0n) is 15.4. The van der Waals surface area contributed by atoms with E-state index in [1.807, 2.05) is 15.9 Å². The fourth-order valence-electron chi connectivity index (χ4n) is 4.21. The number of piperidine rings is 2. The zero-order valence-corrected chi connectivity index (χ0v) is 15.4. The average Bonchev–Trinajstić information content (AvgIpc) is 2.63. The second-order valence-corrected chi connectivity index (χ2v) is 7.57. The summed E-state index contributed by atoms with van der Waals surface area (Å²) in [7, 11) is 1.65. The Bertz CT molecular complexity index is 663. The SMILES string of the molecule is COCCN1C[C@@]2(CCCN(C(=O)Cc3cccc(O)c3)C2)CCC1=O. The number of likely N-dealkylation sites (tertiary alicyclic amines) is 2. The highest BCUT2D eigenvalue weighted by atomic mass is 16.5. The minimum atomic E-state index is 0.00832. The molecule has 142 valence electrons. The van der Waals surface area contributed by atoms with E-state index in [0.717, 1.165) is 31.4 Å². The summed E-state index contributed by atoms with van der Waals surface area (Å²) in [5.74, 6) is 0.468. The Morgan fingerprint density at radius 1 is 1.31 bits per heavy atom. The van der Waals surface area contributed by atoms with E-state index in [9.17, 15) is 14.7 Å². The van der Waals surface area contributed by atoms with Crippen LogP contribution in [0.15, 0.2) is 24.3 Å². The molecule has 0 aliphatic carbocycles.